The Balaban J connectivity index is 1.85. The number of hydrogen-bond donors (Lipinski definition) is 1. The van der Waals surface area contributed by atoms with Gasteiger partial charge in [0, 0.05) is 9.92 Å². The molecule has 1 N–H and O–H groups in total. The third kappa shape index (κ3) is 6.30. The number of anilines is 1. The minimum Gasteiger partial charge on any atom is -0.468 e. The van der Waals surface area contributed by atoms with Gasteiger partial charge < -0.3 is 9.73 Å². The lowest BCUT2D eigenvalue weighted by Gasteiger charge is -2.21. The summed E-state index contributed by atoms with van der Waals surface area (Å²) in [4.78, 5) is 12.7. The number of alkyl halides is 2. The van der Waals surface area contributed by atoms with E-state index in [1.54, 1.807) is 24.3 Å². The van der Waals surface area contributed by atoms with E-state index in [0.29, 0.717) is 5.76 Å². The molecular formula is C20H17ClF2N2O4S2. The normalized spacial score (nSPS) is 11.8. The van der Waals surface area contributed by atoms with Crippen LogP contribution in [0.5, 0.6) is 0 Å². The maximum absolute atomic E-state index is 13.2. The molecule has 0 atom stereocenters. The number of sulfonamides is 1. The average molecular weight is 487 g/mol. The van der Waals surface area contributed by atoms with Crippen molar-refractivity contribution in [2.75, 3.05) is 11.9 Å². The lowest BCUT2D eigenvalue weighted by molar-refractivity contribution is -0.116. The Kier molecular flexibility index (Phi) is 7.71. The Morgan fingerprint density at radius 2 is 1.90 bits per heavy atom. The summed E-state index contributed by atoms with van der Waals surface area (Å²) < 4.78 is 58.0. The second-order valence-electron chi connectivity index (χ2n) is 6.23. The van der Waals surface area contributed by atoms with E-state index in [9.17, 15) is 22.0 Å². The van der Waals surface area contributed by atoms with Crippen molar-refractivity contribution in [3.8, 4) is 0 Å². The average Bonchev–Trinajstić information content (AvgIpc) is 3.22. The maximum Gasteiger partial charge on any atom is 0.288 e. The van der Waals surface area contributed by atoms with Crippen LogP contribution in [0.25, 0.3) is 0 Å². The minimum atomic E-state index is -4.11. The summed E-state index contributed by atoms with van der Waals surface area (Å²) >= 11 is 6.21. The van der Waals surface area contributed by atoms with E-state index >= 15 is 0 Å². The molecule has 164 valence electrons. The first kappa shape index (κ1) is 23.3. The van der Waals surface area contributed by atoms with E-state index in [-0.39, 0.29) is 38.8 Å². The molecule has 0 radical (unpaired) electrons. The molecule has 0 unspecified atom stereocenters. The number of halogens is 3. The van der Waals surface area contributed by atoms with Crippen molar-refractivity contribution in [2.24, 2.45) is 0 Å². The summed E-state index contributed by atoms with van der Waals surface area (Å²) in [5.74, 6) is -3.04. The number of nitrogens with zero attached hydrogens (tertiary/aromatic N) is 1. The van der Waals surface area contributed by atoms with E-state index in [0.717, 1.165) is 4.31 Å². The van der Waals surface area contributed by atoms with Gasteiger partial charge in [0.15, 0.2) is 0 Å². The van der Waals surface area contributed by atoms with Crippen molar-refractivity contribution in [2.45, 2.75) is 22.1 Å². The third-order valence-electron chi connectivity index (χ3n) is 4.04. The van der Waals surface area contributed by atoms with Crippen LogP contribution in [-0.2, 0) is 21.4 Å². The molecule has 2 aromatic carbocycles. The number of thioether (sulfide) groups is 1. The van der Waals surface area contributed by atoms with Crippen LogP contribution in [-0.4, -0.2) is 30.9 Å². The Morgan fingerprint density at radius 3 is 2.58 bits per heavy atom. The van der Waals surface area contributed by atoms with Gasteiger partial charge >= 0.3 is 0 Å². The number of carbonyl (C=O) groups is 1. The summed E-state index contributed by atoms with van der Waals surface area (Å²) in [5.41, 5.74) is 0.163. The highest BCUT2D eigenvalue weighted by Crippen LogP contribution is 2.31. The SMILES string of the molecule is O=C(CN(Cc1ccco1)S(=O)(=O)c1cccc(Cl)c1)Nc1ccccc1SC(F)F. The van der Waals surface area contributed by atoms with Gasteiger partial charge in [-0.15, -0.1) is 0 Å². The highest BCUT2D eigenvalue weighted by atomic mass is 35.5. The van der Waals surface area contributed by atoms with Crippen molar-refractivity contribution in [3.05, 3.63) is 77.7 Å². The molecule has 31 heavy (non-hydrogen) atoms. The molecule has 0 aliphatic rings. The number of para-hydroxylation sites is 1. The van der Waals surface area contributed by atoms with Crippen LogP contribution < -0.4 is 5.32 Å². The van der Waals surface area contributed by atoms with Gasteiger partial charge in [-0.1, -0.05) is 41.6 Å². The van der Waals surface area contributed by atoms with Crippen LogP contribution in [0.3, 0.4) is 0 Å². The number of carbonyl (C=O) groups excluding carboxylic acids is 1. The first-order valence-corrected chi connectivity index (χ1v) is 11.6. The van der Waals surface area contributed by atoms with Gasteiger partial charge in [-0.25, -0.2) is 8.42 Å². The number of hydrogen-bond acceptors (Lipinski definition) is 5. The summed E-state index contributed by atoms with van der Waals surface area (Å²) in [7, 11) is -4.11. The molecule has 0 bridgehead atoms. The van der Waals surface area contributed by atoms with Crippen LogP contribution in [0.4, 0.5) is 14.5 Å². The summed E-state index contributed by atoms with van der Waals surface area (Å²) in [6, 6.07) is 14.9. The fraction of sp³-hybridized carbons (Fsp3) is 0.150. The maximum atomic E-state index is 13.2. The van der Waals surface area contributed by atoms with Crippen LogP contribution >= 0.6 is 23.4 Å². The molecule has 0 fully saturated rings. The van der Waals surface area contributed by atoms with E-state index in [1.165, 1.54) is 42.7 Å². The number of furan rings is 1. The second kappa shape index (κ2) is 10.3. The zero-order valence-corrected chi connectivity index (χ0v) is 18.3. The molecule has 0 saturated carbocycles. The molecule has 1 aromatic heterocycles. The molecule has 3 aromatic rings. The van der Waals surface area contributed by atoms with Crippen molar-refractivity contribution in [3.63, 3.8) is 0 Å². The number of amides is 1. The van der Waals surface area contributed by atoms with Gasteiger partial charge in [-0.3, -0.25) is 4.79 Å². The lowest BCUT2D eigenvalue weighted by Crippen LogP contribution is -2.37. The fourth-order valence-electron chi connectivity index (χ4n) is 2.70. The van der Waals surface area contributed by atoms with Crippen LogP contribution in [0, 0.1) is 0 Å². The molecule has 0 aliphatic heterocycles. The molecular weight excluding hydrogens is 470 g/mol. The van der Waals surface area contributed by atoms with Gasteiger partial charge in [0.1, 0.15) is 5.76 Å². The molecule has 1 heterocycles. The van der Waals surface area contributed by atoms with Crippen molar-refractivity contribution in [1.82, 2.24) is 4.31 Å². The largest absolute Gasteiger partial charge is 0.468 e. The molecule has 11 heteroatoms. The highest BCUT2D eigenvalue weighted by Gasteiger charge is 2.28. The highest BCUT2D eigenvalue weighted by molar-refractivity contribution is 7.99. The number of nitrogens with one attached hydrogen (secondary N) is 1. The van der Waals surface area contributed by atoms with E-state index in [4.69, 9.17) is 16.0 Å². The second-order valence-corrected chi connectivity index (χ2v) is 9.64. The molecule has 0 aliphatic carbocycles. The van der Waals surface area contributed by atoms with E-state index in [2.05, 4.69) is 5.32 Å². The van der Waals surface area contributed by atoms with Crippen molar-refractivity contribution < 1.29 is 26.4 Å². The standard InChI is InChI=1S/C20H17ClF2N2O4S2/c21-14-5-3-7-16(11-14)31(27,28)25(12-15-6-4-10-29-15)13-19(26)24-17-8-1-2-9-18(17)30-20(22)23/h1-11,20H,12-13H2,(H,24,26). The van der Waals surface area contributed by atoms with E-state index < -0.39 is 28.2 Å². The Morgan fingerprint density at radius 1 is 1.13 bits per heavy atom. The monoisotopic (exact) mass is 486 g/mol. The van der Waals surface area contributed by atoms with Crippen molar-refractivity contribution in [1.29, 1.82) is 0 Å². The molecule has 3 rings (SSSR count). The smallest absolute Gasteiger partial charge is 0.288 e. The Labute approximate surface area is 187 Å². The van der Waals surface area contributed by atoms with Crippen molar-refractivity contribution >= 4 is 45.0 Å². The fourth-order valence-corrected chi connectivity index (χ4v) is 4.96. The zero-order chi connectivity index (χ0) is 22.4. The Bertz CT molecular complexity index is 1140. The summed E-state index contributed by atoms with van der Waals surface area (Å²) in [6.07, 6.45) is 1.39. The third-order valence-corrected chi connectivity index (χ3v) is 6.85. The molecule has 0 spiro atoms. The lowest BCUT2D eigenvalue weighted by atomic mass is 10.3. The van der Waals surface area contributed by atoms with Crippen LogP contribution in [0.2, 0.25) is 5.02 Å². The van der Waals surface area contributed by atoms with Crippen LogP contribution in [0.1, 0.15) is 5.76 Å². The van der Waals surface area contributed by atoms with E-state index in [1.807, 2.05) is 0 Å². The molecule has 6 nitrogen and oxygen atoms in total. The Hall–Kier alpha value is -2.40. The topological polar surface area (TPSA) is 79.6 Å². The first-order chi connectivity index (χ1) is 14.8. The van der Waals surface area contributed by atoms with Gasteiger partial charge in [-0.2, -0.15) is 13.1 Å². The van der Waals surface area contributed by atoms with Gasteiger partial charge in [0.05, 0.1) is 29.9 Å². The quantitative estimate of drug-likeness (QED) is 0.427. The molecule has 0 saturated heterocycles. The molecule has 1 amide bonds. The number of benzene rings is 2. The minimum absolute atomic E-state index is 0.0898. The summed E-state index contributed by atoms with van der Waals surface area (Å²) in [5, 5.41) is 2.73. The summed E-state index contributed by atoms with van der Waals surface area (Å²) in [6.45, 7) is -0.772. The van der Waals surface area contributed by atoms with Gasteiger partial charge in [0.25, 0.3) is 5.76 Å². The van der Waals surface area contributed by atoms with Crippen LogP contribution in [0.15, 0.2) is 81.1 Å². The first-order valence-electron chi connectivity index (χ1n) is 8.87. The predicted molar refractivity (Wildman–Crippen MR) is 115 cm³/mol. The van der Waals surface area contributed by atoms with Gasteiger partial charge in [0.2, 0.25) is 15.9 Å². The van der Waals surface area contributed by atoms with Gasteiger partial charge in [-0.05, 0) is 42.5 Å². The predicted octanol–water partition coefficient (Wildman–Crippen LogP) is 5.08. The zero-order valence-electron chi connectivity index (χ0n) is 15.9. The number of rotatable bonds is 9.